The molecule has 0 radical (unpaired) electrons. The average molecular weight is 320 g/mol. The summed E-state index contributed by atoms with van der Waals surface area (Å²) in [5.74, 6) is 0. The lowest BCUT2D eigenvalue weighted by Crippen LogP contribution is -2.14. The average Bonchev–Trinajstić information content (AvgIpc) is 3.20. The predicted octanol–water partition coefficient (Wildman–Crippen LogP) is 4.53. The minimum atomic E-state index is -0.0431. The number of aromatic amines is 1. The van der Waals surface area contributed by atoms with E-state index in [0.29, 0.717) is 0 Å². The summed E-state index contributed by atoms with van der Waals surface area (Å²) in [4.78, 5) is 12.4. The van der Waals surface area contributed by atoms with E-state index in [2.05, 4.69) is 45.4 Å². The highest BCUT2D eigenvalue weighted by Crippen LogP contribution is 2.34. The van der Waals surface area contributed by atoms with Crippen molar-refractivity contribution in [3.05, 3.63) is 77.2 Å². The van der Waals surface area contributed by atoms with E-state index < -0.39 is 0 Å². The molecule has 23 heavy (non-hydrogen) atoms. The third-order valence-corrected chi connectivity index (χ3v) is 4.62. The first kappa shape index (κ1) is 14.0. The number of nitrogens with one attached hydrogen (secondary N) is 2. The predicted molar refractivity (Wildman–Crippen MR) is 94.9 cm³/mol. The molecule has 0 unspecified atom stereocenters. The first-order valence-corrected chi connectivity index (χ1v) is 8.35. The number of thiazole rings is 1. The van der Waals surface area contributed by atoms with Crippen LogP contribution in [0.2, 0.25) is 0 Å². The monoisotopic (exact) mass is 320 g/mol. The van der Waals surface area contributed by atoms with Crippen molar-refractivity contribution in [1.82, 2.24) is 15.0 Å². The Morgan fingerprint density at radius 3 is 2.70 bits per heavy atom. The molecule has 2 N–H and O–H groups in total. The van der Waals surface area contributed by atoms with Crippen molar-refractivity contribution < 1.29 is 0 Å². The highest BCUT2D eigenvalue weighted by molar-refractivity contribution is 7.13. The van der Waals surface area contributed by atoms with Gasteiger partial charge in [-0.15, -0.1) is 11.3 Å². The fourth-order valence-electron chi connectivity index (χ4n) is 2.93. The van der Waals surface area contributed by atoms with Gasteiger partial charge in [-0.1, -0.05) is 24.3 Å². The summed E-state index contributed by atoms with van der Waals surface area (Å²) in [7, 11) is 0. The number of pyridine rings is 1. The molecular formula is C18H16N4S. The second-order valence-electron chi connectivity index (χ2n) is 5.38. The van der Waals surface area contributed by atoms with Gasteiger partial charge in [0.15, 0.2) is 5.13 Å². The SMILES string of the molecule is Cc1[nH]c2ccccc2c1[C@H](Nc1nccs1)c1ccccn1. The largest absolute Gasteiger partial charge is 0.358 e. The number of hydrogen-bond donors (Lipinski definition) is 2. The van der Waals surface area contributed by atoms with Gasteiger partial charge in [-0.2, -0.15) is 0 Å². The van der Waals surface area contributed by atoms with Crippen LogP contribution in [0.1, 0.15) is 23.0 Å². The second-order valence-corrected chi connectivity index (χ2v) is 6.27. The number of anilines is 1. The number of H-pyrrole nitrogens is 1. The summed E-state index contributed by atoms with van der Waals surface area (Å²) in [5, 5.41) is 7.61. The Kier molecular flexibility index (Phi) is 3.55. The lowest BCUT2D eigenvalue weighted by atomic mass is 10.00. The first-order chi connectivity index (χ1) is 11.3. The molecule has 0 amide bonds. The van der Waals surface area contributed by atoms with E-state index >= 15 is 0 Å². The zero-order valence-electron chi connectivity index (χ0n) is 12.7. The van der Waals surface area contributed by atoms with Gasteiger partial charge in [0, 0.05) is 39.9 Å². The molecule has 4 aromatic rings. The fourth-order valence-corrected chi connectivity index (χ4v) is 3.49. The molecule has 0 saturated heterocycles. The third-order valence-electron chi connectivity index (χ3n) is 3.92. The van der Waals surface area contributed by atoms with Crippen molar-refractivity contribution in [3.63, 3.8) is 0 Å². The molecule has 5 heteroatoms. The van der Waals surface area contributed by atoms with Gasteiger partial charge in [0.05, 0.1) is 11.7 Å². The quantitative estimate of drug-likeness (QED) is 0.581. The molecule has 0 saturated carbocycles. The van der Waals surface area contributed by atoms with Crippen LogP contribution in [0.4, 0.5) is 5.13 Å². The Morgan fingerprint density at radius 2 is 1.91 bits per heavy atom. The van der Waals surface area contributed by atoms with E-state index in [1.807, 2.05) is 42.0 Å². The smallest absolute Gasteiger partial charge is 0.183 e. The van der Waals surface area contributed by atoms with Gasteiger partial charge < -0.3 is 10.3 Å². The molecule has 3 aromatic heterocycles. The van der Waals surface area contributed by atoms with E-state index in [4.69, 9.17) is 0 Å². The Labute approximate surface area is 138 Å². The van der Waals surface area contributed by atoms with Gasteiger partial charge in [-0.25, -0.2) is 4.98 Å². The molecule has 4 rings (SSSR count). The Morgan fingerprint density at radius 1 is 1.04 bits per heavy atom. The van der Waals surface area contributed by atoms with Crippen LogP contribution in [-0.4, -0.2) is 15.0 Å². The third kappa shape index (κ3) is 2.59. The van der Waals surface area contributed by atoms with Crippen LogP contribution in [-0.2, 0) is 0 Å². The summed E-state index contributed by atoms with van der Waals surface area (Å²) in [5.41, 5.74) is 4.48. The zero-order valence-corrected chi connectivity index (χ0v) is 13.5. The maximum Gasteiger partial charge on any atom is 0.183 e. The van der Waals surface area contributed by atoms with Gasteiger partial charge in [-0.3, -0.25) is 4.98 Å². The number of nitrogens with zero attached hydrogens (tertiary/aromatic N) is 2. The molecule has 0 fully saturated rings. The van der Waals surface area contributed by atoms with Gasteiger partial charge in [0.1, 0.15) is 0 Å². The molecule has 0 aliphatic heterocycles. The highest BCUT2D eigenvalue weighted by Gasteiger charge is 2.22. The van der Waals surface area contributed by atoms with E-state index in [-0.39, 0.29) is 6.04 Å². The molecule has 3 heterocycles. The van der Waals surface area contributed by atoms with E-state index in [1.165, 1.54) is 10.9 Å². The van der Waals surface area contributed by atoms with Crippen molar-refractivity contribution in [2.75, 3.05) is 5.32 Å². The number of hydrogen-bond acceptors (Lipinski definition) is 4. The van der Waals surface area contributed by atoms with Crippen molar-refractivity contribution >= 4 is 27.4 Å². The Hall–Kier alpha value is -2.66. The number of benzene rings is 1. The van der Waals surface area contributed by atoms with E-state index in [9.17, 15) is 0 Å². The molecule has 114 valence electrons. The molecule has 0 aliphatic rings. The number of fused-ring (bicyclic) bond motifs is 1. The molecule has 1 atom stereocenters. The number of aryl methyl sites for hydroxylation is 1. The zero-order chi connectivity index (χ0) is 15.6. The maximum atomic E-state index is 4.56. The van der Waals surface area contributed by atoms with Crippen molar-refractivity contribution in [2.45, 2.75) is 13.0 Å². The Balaban J connectivity index is 1.88. The van der Waals surface area contributed by atoms with Crippen molar-refractivity contribution in [3.8, 4) is 0 Å². The maximum absolute atomic E-state index is 4.56. The summed E-state index contributed by atoms with van der Waals surface area (Å²) in [6, 6.07) is 14.3. The summed E-state index contributed by atoms with van der Waals surface area (Å²) >= 11 is 1.59. The minimum absolute atomic E-state index is 0.0431. The number of rotatable bonds is 4. The lowest BCUT2D eigenvalue weighted by Gasteiger charge is -2.18. The van der Waals surface area contributed by atoms with Gasteiger partial charge in [0.2, 0.25) is 0 Å². The molecule has 4 nitrogen and oxygen atoms in total. The topological polar surface area (TPSA) is 53.6 Å². The summed E-state index contributed by atoms with van der Waals surface area (Å²) in [6.45, 7) is 2.11. The lowest BCUT2D eigenvalue weighted by molar-refractivity contribution is 0.881. The number of aromatic nitrogens is 3. The summed E-state index contributed by atoms with van der Waals surface area (Å²) in [6.07, 6.45) is 3.64. The first-order valence-electron chi connectivity index (χ1n) is 7.47. The van der Waals surface area contributed by atoms with Crippen LogP contribution in [0.5, 0.6) is 0 Å². The fraction of sp³-hybridized carbons (Fsp3) is 0.111. The van der Waals surface area contributed by atoms with Crippen LogP contribution in [0.3, 0.4) is 0 Å². The minimum Gasteiger partial charge on any atom is -0.358 e. The normalized spacial score (nSPS) is 12.4. The van der Waals surface area contributed by atoms with Crippen LogP contribution in [0.25, 0.3) is 10.9 Å². The molecule has 0 bridgehead atoms. The van der Waals surface area contributed by atoms with Crippen LogP contribution in [0.15, 0.2) is 60.2 Å². The molecular weight excluding hydrogens is 304 g/mol. The molecule has 0 spiro atoms. The highest BCUT2D eigenvalue weighted by atomic mass is 32.1. The Bertz CT molecular complexity index is 913. The van der Waals surface area contributed by atoms with E-state index in [1.54, 1.807) is 11.3 Å². The van der Waals surface area contributed by atoms with Gasteiger partial charge in [0.25, 0.3) is 0 Å². The van der Waals surface area contributed by atoms with Crippen molar-refractivity contribution in [2.24, 2.45) is 0 Å². The number of para-hydroxylation sites is 1. The summed E-state index contributed by atoms with van der Waals surface area (Å²) < 4.78 is 0. The van der Waals surface area contributed by atoms with Crippen LogP contribution in [0, 0.1) is 6.92 Å². The molecule has 0 aliphatic carbocycles. The van der Waals surface area contributed by atoms with E-state index in [0.717, 1.165) is 22.0 Å². The van der Waals surface area contributed by atoms with Gasteiger partial charge in [-0.05, 0) is 25.1 Å². The van der Waals surface area contributed by atoms with Crippen molar-refractivity contribution in [1.29, 1.82) is 0 Å². The van der Waals surface area contributed by atoms with Crippen LogP contribution < -0.4 is 5.32 Å². The van der Waals surface area contributed by atoms with Gasteiger partial charge >= 0.3 is 0 Å². The second kappa shape index (κ2) is 5.85. The molecule has 1 aromatic carbocycles. The van der Waals surface area contributed by atoms with Crippen LogP contribution >= 0.6 is 11.3 Å². The standard InChI is InChI=1S/C18H16N4S/c1-12-16(13-6-2-3-7-14(13)21-12)17(15-8-4-5-9-19-15)22-18-20-10-11-23-18/h2-11,17,21H,1H3,(H,20,22)/t17-/m1/s1.